The van der Waals surface area contributed by atoms with E-state index in [2.05, 4.69) is 4.74 Å². The Kier molecular flexibility index (Phi) is 5.77. The highest BCUT2D eigenvalue weighted by Crippen LogP contribution is 2.38. The predicted molar refractivity (Wildman–Crippen MR) is 70.7 cm³/mol. The fraction of sp³-hybridized carbons (Fsp3) is 0.462. The van der Waals surface area contributed by atoms with Crippen molar-refractivity contribution in [3.05, 3.63) is 35.4 Å². The van der Waals surface area contributed by atoms with Crippen molar-refractivity contribution in [2.75, 3.05) is 12.9 Å². The molecule has 1 rings (SSSR count). The molecule has 0 fully saturated rings. The summed E-state index contributed by atoms with van der Waals surface area (Å²) in [7, 11) is -4.83. The molecule has 0 aliphatic carbocycles. The monoisotopic (exact) mass is 396 g/mol. The Balaban J connectivity index is 3.39. The second-order valence-corrected chi connectivity index (χ2v) is 7.05. The molecule has 0 bridgehead atoms. The van der Waals surface area contributed by atoms with Gasteiger partial charge in [-0.25, -0.2) is 17.6 Å². The molecule has 25 heavy (non-hydrogen) atoms. The molecule has 1 aromatic carbocycles. The van der Waals surface area contributed by atoms with Crippen LogP contribution in [-0.2, 0) is 30.5 Å². The molecular formula is C13H11F7O4S. The molecule has 0 saturated heterocycles. The first-order valence-corrected chi connectivity index (χ1v) is 8.04. The normalized spacial score (nSPS) is 15.5. The van der Waals surface area contributed by atoms with Gasteiger partial charge in [0.15, 0.2) is 0 Å². The Labute approximate surface area is 137 Å². The second-order valence-electron chi connectivity index (χ2n) is 4.85. The van der Waals surface area contributed by atoms with Crippen LogP contribution in [-0.4, -0.2) is 33.4 Å². The molecule has 1 atom stereocenters. The minimum absolute atomic E-state index is 0.298. The van der Waals surface area contributed by atoms with Gasteiger partial charge in [0.05, 0.1) is 24.8 Å². The van der Waals surface area contributed by atoms with E-state index in [9.17, 15) is 43.9 Å². The topological polar surface area (TPSA) is 60.4 Å². The summed E-state index contributed by atoms with van der Waals surface area (Å²) < 4.78 is 117. The minimum Gasteiger partial charge on any atom is -0.466 e. The standard InChI is InChI=1S/C13H11F7O4S/c1-24-10(21)12(17,25(22,23)7-6-11(14,15)16)8-2-4-9(5-3-8)13(18,19)20/h2-5H,6-7H2,1H3. The molecule has 4 nitrogen and oxygen atoms in total. The lowest BCUT2D eigenvalue weighted by Crippen LogP contribution is -2.42. The van der Waals surface area contributed by atoms with Crippen LogP contribution in [0.3, 0.4) is 0 Å². The molecular weight excluding hydrogens is 385 g/mol. The summed E-state index contributed by atoms with van der Waals surface area (Å²) in [4.78, 5) is 11.6. The highest BCUT2D eigenvalue weighted by atomic mass is 32.2. The van der Waals surface area contributed by atoms with Gasteiger partial charge < -0.3 is 4.74 Å². The number of halogens is 7. The molecule has 12 heteroatoms. The summed E-state index contributed by atoms with van der Waals surface area (Å²) in [5, 5.41) is -4.07. The van der Waals surface area contributed by atoms with E-state index >= 15 is 0 Å². The van der Waals surface area contributed by atoms with E-state index in [0.717, 1.165) is 0 Å². The van der Waals surface area contributed by atoms with Crippen molar-refractivity contribution in [2.45, 2.75) is 23.8 Å². The molecule has 1 aromatic rings. The van der Waals surface area contributed by atoms with Gasteiger partial charge in [0.1, 0.15) is 0 Å². The van der Waals surface area contributed by atoms with Gasteiger partial charge in [-0.15, -0.1) is 0 Å². The van der Waals surface area contributed by atoms with Crippen LogP contribution in [0.25, 0.3) is 0 Å². The molecule has 0 radical (unpaired) electrons. The fourth-order valence-corrected chi connectivity index (χ4v) is 3.43. The van der Waals surface area contributed by atoms with E-state index in [0.29, 0.717) is 31.4 Å². The first kappa shape index (κ1) is 21.2. The number of hydrogen-bond donors (Lipinski definition) is 0. The van der Waals surface area contributed by atoms with Crippen LogP contribution in [0.15, 0.2) is 24.3 Å². The van der Waals surface area contributed by atoms with Crippen LogP contribution in [0.4, 0.5) is 30.7 Å². The number of alkyl halides is 7. The highest BCUT2D eigenvalue weighted by Gasteiger charge is 2.55. The molecule has 0 amide bonds. The molecule has 0 aromatic heterocycles. The van der Waals surface area contributed by atoms with Crippen molar-refractivity contribution < 1.29 is 48.7 Å². The van der Waals surface area contributed by atoms with E-state index in [1.807, 2.05) is 0 Å². The van der Waals surface area contributed by atoms with Gasteiger partial charge in [-0.05, 0) is 12.1 Å². The van der Waals surface area contributed by atoms with Crippen LogP contribution in [0.2, 0.25) is 0 Å². The van der Waals surface area contributed by atoms with Crippen LogP contribution < -0.4 is 0 Å². The number of sulfone groups is 1. The lowest BCUT2D eigenvalue weighted by atomic mass is 10.1. The maximum Gasteiger partial charge on any atom is 0.416 e. The quantitative estimate of drug-likeness (QED) is 0.566. The lowest BCUT2D eigenvalue weighted by molar-refractivity contribution is -0.149. The van der Waals surface area contributed by atoms with Gasteiger partial charge in [-0.3, -0.25) is 0 Å². The van der Waals surface area contributed by atoms with E-state index in [1.54, 1.807) is 0 Å². The SMILES string of the molecule is COC(=O)C(F)(c1ccc(C(F)(F)F)cc1)S(=O)(=O)CCC(F)(F)F. The van der Waals surface area contributed by atoms with E-state index < -0.39 is 56.5 Å². The van der Waals surface area contributed by atoms with E-state index in [4.69, 9.17) is 0 Å². The lowest BCUT2D eigenvalue weighted by Gasteiger charge is -2.23. The molecule has 0 aliphatic rings. The maximum absolute atomic E-state index is 15.0. The molecule has 142 valence electrons. The van der Waals surface area contributed by atoms with Gasteiger partial charge >= 0.3 is 23.3 Å². The van der Waals surface area contributed by atoms with Crippen molar-refractivity contribution in [3.63, 3.8) is 0 Å². The number of carbonyl (C=O) groups excluding carboxylic acids is 1. The van der Waals surface area contributed by atoms with Gasteiger partial charge in [0, 0.05) is 5.56 Å². The van der Waals surface area contributed by atoms with Crippen molar-refractivity contribution in [1.82, 2.24) is 0 Å². The number of ether oxygens (including phenoxy) is 1. The Bertz CT molecular complexity index is 722. The van der Waals surface area contributed by atoms with Gasteiger partial charge in [0.25, 0.3) is 0 Å². The zero-order valence-electron chi connectivity index (χ0n) is 12.4. The maximum atomic E-state index is 15.0. The van der Waals surface area contributed by atoms with Gasteiger partial charge in [0.2, 0.25) is 9.84 Å². The number of benzene rings is 1. The average Bonchev–Trinajstić information content (AvgIpc) is 2.50. The number of hydrogen-bond acceptors (Lipinski definition) is 4. The third-order valence-corrected chi connectivity index (χ3v) is 5.12. The Morgan fingerprint density at radius 2 is 1.40 bits per heavy atom. The number of carbonyl (C=O) groups is 1. The smallest absolute Gasteiger partial charge is 0.416 e. The third kappa shape index (κ3) is 4.61. The number of esters is 1. The van der Waals surface area contributed by atoms with Gasteiger partial charge in [-0.2, -0.15) is 26.3 Å². The minimum atomic E-state index is -5.41. The van der Waals surface area contributed by atoms with Gasteiger partial charge in [-0.1, -0.05) is 12.1 Å². The summed E-state index contributed by atoms with van der Waals surface area (Å²) >= 11 is 0. The van der Waals surface area contributed by atoms with Crippen molar-refractivity contribution in [2.24, 2.45) is 0 Å². The second kappa shape index (κ2) is 6.81. The first-order chi connectivity index (χ1) is 11.1. The number of methoxy groups -OCH3 is 1. The molecule has 0 N–H and O–H groups in total. The van der Waals surface area contributed by atoms with Crippen LogP contribution in [0.1, 0.15) is 17.5 Å². The third-order valence-electron chi connectivity index (χ3n) is 3.11. The largest absolute Gasteiger partial charge is 0.466 e. The summed E-state index contributed by atoms with van der Waals surface area (Å²) in [6.45, 7) is 0. The summed E-state index contributed by atoms with van der Waals surface area (Å²) in [6, 6.07) is 1.30. The van der Waals surface area contributed by atoms with Crippen molar-refractivity contribution in [1.29, 1.82) is 0 Å². The Hall–Kier alpha value is -1.85. The van der Waals surface area contributed by atoms with Crippen LogP contribution in [0, 0.1) is 0 Å². The van der Waals surface area contributed by atoms with Crippen molar-refractivity contribution >= 4 is 15.8 Å². The highest BCUT2D eigenvalue weighted by molar-refractivity contribution is 7.92. The summed E-state index contributed by atoms with van der Waals surface area (Å²) in [5.74, 6) is -3.85. The zero-order chi connectivity index (χ0) is 19.7. The molecule has 0 heterocycles. The summed E-state index contributed by atoms with van der Waals surface area (Å²) in [5.41, 5.74) is -2.36. The molecule has 0 spiro atoms. The van der Waals surface area contributed by atoms with E-state index in [1.165, 1.54) is 0 Å². The van der Waals surface area contributed by atoms with Crippen LogP contribution in [0.5, 0.6) is 0 Å². The molecule has 0 saturated carbocycles. The zero-order valence-corrected chi connectivity index (χ0v) is 13.2. The Morgan fingerprint density at radius 3 is 1.76 bits per heavy atom. The Morgan fingerprint density at radius 1 is 0.960 bits per heavy atom. The molecule has 1 unspecified atom stereocenters. The van der Waals surface area contributed by atoms with Crippen molar-refractivity contribution in [3.8, 4) is 0 Å². The predicted octanol–water partition coefficient (Wildman–Crippen LogP) is 3.37. The van der Waals surface area contributed by atoms with Crippen LogP contribution >= 0.6 is 0 Å². The fourth-order valence-electron chi connectivity index (χ4n) is 1.82. The number of rotatable bonds is 5. The van der Waals surface area contributed by atoms with E-state index in [-0.39, 0.29) is 0 Å². The first-order valence-electron chi connectivity index (χ1n) is 6.39. The summed E-state index contributed by atoms with van der Waals surface area (Å²) in [6.07, 6.45) is -11.7. The average molecular weight is 396 g/mol. The molecule has 0 aliphatic heterocycles.